The zero-order valence-corrected chi connectivity index (χ0v) is 17.9. The quantitative estimate of drug-likeness (QED) is 0.668. The SMILES string of the molecule is Cc1ccc(NC(=O)COC(=O)[C@H]2CC(=O)N(NC(=O)c3ccccc3Cl)C2)cc1C. The number of benzene rings is 2. The Bertz CT molecular complexity index is 1040. The fraction of sp³-hybridized carbons (Fsp3) is 0.273. The monoisotopic (exact) mass is 443 g/mol. The topological polar surface area (TPSA) is 105 Å². The van der Waals surface area contributed by atoms with E-state index < -0.39 is 36.2 Å². The van der Waals surface area contributed by atoms with Crippen LogP contribution in [0.15, 0.2) is 42.5 Å². The molecular weight excluding hydrogens is 422 g/mol. The molecule has 2 aromatic rings. The summed E-state index contributed by atoms with van der Waals surface area (Å²) in [5, 5.41) is 3.97. The molecule has 0 saturated carbocycles. The van der Waals surface area contributed by atoms with E-state index >= 15 is 0 Å². The van der Waals surface area contributed by atoms with Crippen LogP contribution in [-0.4, -0.2) is 41.9 Å². The van der Waals surface area contributed by atoms with Gasteiger partial charge in [-0.2, -0.15) is 0 Å². The maximum absolute atomic E-state index is 12.3. The van der Waals surface area contributed by atoms with Crippen LogP contribution in [0.5, 0.6) is 0 Å². The number of hydrazine groups is 1. The predicted octanol–water partition coefficient (Wildman–Crippen LogP) is 2.63. The summed E-state index contributed by atoms with van der Waals surface area (Å²) in [5.41, 5.74) is 5.40. The van der Waals surface area contributed by atoms with Crippen LogP contribution in [0.25, 0.3) is 0 Å². The Morgan fingerprint density at radius 1 is 1.13 bits per heavy atom. The van der Waals surface area contributed by atoms with Gasteiger partial charge in [0.15, 0.2) is 6.61 Å². The Morgan fingerprint density at radius 3 is 2.58 bits per heavy atom. The standard InChI is InChI=1S/C22H22ClN3O5/c1-13-7-8-16(9-14(13)2)24-19(27)12-31-22(30)15-10-20(28)26(11-15)25-21(29)17-5-3-4-6-18(17)23/h3-9,15H,10-12H2,1-2H3,(H,24,27)(H,25,29)/t15-/m0/s1. The van der Waals surface area contributed by atoms with Crippen LogP contribution in [0.4, 0.5) is 5.69 Å². The number of ether oxygens (including phenoxy) is 1. The summed E-state index contributed by atoms with van der Waals surface area (Å²) < 4.78 is 5.06. The van der Waals surface area contributed by atoms with Gasteiger partial charge in [0.2, 0.25) is 5.91 Å². The Morgan fingerprint density at radius 2 is 1.87 bits per heavy atom. The summed E-state index contributed by atoms with van der Waals surface area (Å²) >= 11 is 5.99. The lowest BCUT2D eigenvalue weighted by atomic mass is 10.1. The molecule has 31 heavy (non-hydrogen) atoms. The van der Waals surface area contributed by atoms with E-state index in [9.17, 15) is 19.2 Å². The first-order valence-electron chi connectivity index (χ1n) is 9.64. The highest BCUT2D eigenvalue weighted by Gasteiger charge is 2.36. The smallest absolute Gasteiger partial charge is 0.311 e. The van der Waals surface area contributed by atoms with E-state index in [-0.39, 0.29) is 23.6 Å². The number of anilines is 1. The van der Waals surface area contributed by atoms with Crippen molar-refractivity contribution in [2.75, 3.05) is 18.5 Å². The Hall–Kier alpha value is -3.39. The van der Waals surface area contributed by atoms with Gasteiger partial charge >= 0.3 is 5.97 Å². The summed E-state index contributed by atoms with van der Waals surface area (Å²) in [6.07, 6.45) is -0.125. The lowest BCUT2D eigenvalue weighted by Crippen LogP contribution is -2.43. The van der Waals surface area contributed by atoms with Crippen LogP contribution in [0, 0.1) is 19.8 Å². The average molecular weight is 444 g/mol. The zero-order chi connectivity index (χ0) is 22.5. The first kappa shape index (κ1) is 22.3. The summed E-state index contributed by atoms with van der Waals surface area (Å²) in [4.78, 5) is 48.8. The van der Waals surface area contributed by atoms with Gasteiger partial charge in [0.1, 0.15) is 0 Å². The molecule has 1 aliphatic rings. The van der Waals surface area contributed by atoms with Crippen LogP contribution in [0.1, 0.15) is 27.9 Å². The highest BCUT2D eigenvalue weighted by Crippen LogP contribution is 2.20. The molecule has 0 bridgehead atoms. The van der Waals surface area contributed by atoms with Gasteiger partial charge in [-0.15, -0.1) is 0 Å². The van der Waals surface area contributed by atoms with Crippen molar-refractivity contribution in [3.8, 4) is 0 Å². The van der Waals surface area contributed by atoms with Crippen LogP contribution < -0.4 is 10.7 Å². The maximum atomic E-state index is 12.3. The molecule has 1 fully saturated rings. The third kappa shape index (κ3) is 5.61. The molecule has 0 aliphatic carbocycles. The number of hydrogen-bond donors (Lipinski definition) is 2. The summed E-state index contributed by atoms with van der Waals surface area (Å²) in [7, 11) is 0. The number of nitrogens with zero attached hydrogens (tertiary/aromatic N) is 1. The van der Waals surface area contributed by atoms with Gasteiger partial charge in [-0.3, -0.25) is 29.6 Å². The van der Waals surface area contributed by atoms with Crippen LogP contribution in [0.2, 0.25) is 5.02 Å². The molecule has 1 saturated heterocycles. The van der Waals surface area contributed by atoms with Crippen LogP contribution >= 0.6 is 11.6 Å². The van der Waals surface area contributed by atoms with Gasteiger partial charge in [0.25, 0.3) is 11.8 Å². The van der Waals surface area contributed by atoms with Gasteiger partial charge in [-0.1, -0.05) is 29.8 Å². The van der Waals surface area contributed by atoms with Gasteiger partial charge in [0.05, 0.1) is 23.0 Å². The Kier molecular flexibility index (Phi) is 6.91. The van der Waals surface area contributed by atoms with Gasteiger partial charge in [-0.05, 0) is 49.2 Å². The largest absolute Gasteiger partial charge is 0.455 e. The van der Waals surface area contributed by atoms with Crippen molar-refractivity contribution in [3.05, 3.63) is 64.2 Å². The second-order valence-corrected chi connectivity index (χ2v) is 7.69. The van der Waals surface area contributed by atoms with E-state index in [0.29, 0.717) is 5.69 Å². The van der Waals surface area contributed by atoms with Gasteiger partial charge in [-0.25, -0.2) is 0 Å². The van der Waals surface area contributed by atoms with E-state index in [1.165, 1.54) is 6.07 Å². The molecule has 0 aromatic heterocycles. The number of hydrogen-bond acceptors (Lipinski definition) is 5. The molecule has 2 aromatic carbocycles. The second kappa shape index (κ2) is 9.61. The molecule has 1 heterocycles. The van der Waals surface area contributed by atoms with Crippen LogP contribution in [0.3, 0.4) is 0 Å². The van der Waals surface area contributed by atoms with E-state index in [4.69, 9.17) is 16.3 Å². The first-order valence-corrected chi connectivity index (χ1v) is 10.0. The minimum Gasteiger partial charge on any atom is -0.455 e. The number of halogens is 1. The van der Waals surface area contributed by atoms with E-state index in [2.05, 4.69) is 10.7 Å². The molecule has 1 aliphatic heterocycles. The molecule has 0 radical (unpaired) electrons. The molecule has 2 N–H and O–H groups in total. The van der Waals surface area contributed by atoms with Gasteiger partial charge < -0.3 is 10.1 Å². The molecule has 0 spiro atoms. The minimum absolute atomic E-state index is 0.0490. The molecule has 9 heteroatoms. The normalized spacial score (nSPS) is 15.5. The van der Waals surface area contributed by atoms with E-state index in [1.807, 2.05) is 26.0 Å². The van der Waals surface area contributed by atoms with Crippen molar-refractivity contribution in [2.45, 2.75) is 20.3 Å². The Labute approximate surface area is 184 Å². The van der Waals surface area contributed by atoms with Crippen molar-refractivity contribution < 1.29 is 23.9 Å². The maximum Gasteiger partial charge on any atom is 0.311 e. The zero-order valence-electron chi connectivity index (χ0n) is 17.1. The molecule has 3 rings (SSSR count). The number of carbonyl (C=O) groups is 4. The lowest BCUT2D eigenvalue weighted by Gasteiger charge is -2.18. The average Bonchev–Trinajstić information content (AvgIpc) is 3.09. The van der Waals surface area contributed by atoms with Crippen molar-refractivity contribution in [1.29, 1.82) is 0 Å². The fourth-order valence-electron chi connectivity index (χ4n) is 3.07. The third-order valence-corrected chi connectivity index (χ3v) is 5.28. The number of aryl methyl sites for hydroxylation is 2. The number of nitrogens with one attached hydrogen (secondary N) is 2. The number of carbonyl (C=O) groups excluding carboxylic acids is 4. The molecule has 0 unspecified atom stereocenters. The Balaban J connectivity index is 1.49. The molecule has 162 valence electrons. The third-order valence-electron chi connectivity index (χ3n) is 4.95. The number of amides is 3. The fourth-order valence-corrected chi connectivity index (χ4v) is 3.29. The van der Waals surface area contributed by atoms with Crippen molar-refractivity contribution in [2.24, 2.45) is 5.92 Å². The number of rotatable bonds is 6. The van der Waals surface area contributed by atoms with E-state index in [1.54, 1.807) is 24.3 Å². The molecule has 8 nitrogen and oxygen atoms in total. The first-order chi connectivity index (χ1) is 14.7. The molecule has 3 amide bonds. The highest BCUT2D eigenvalue weighted by molar-refractivity contribution is 6.33. The second-order valence-electron chi connectivity index (χ2n) is 7.28. The highest BCUT2D eigenvalue weighted by atomic mass is 35.5. The predicted molar refractivity (Wildman–Crippen MR) is 114 cm³/mol. The molecular formula is C22H22ClN3O5. The summed E-state index contributed by atoms with van der Waals surface area (Å²) in [5.74, 6) is -2.93. The minimum atomic E-state index is -0.784. The number of esters is 1. The lowest BCUT2D eigenvalue weighted by molar-refractivity contribution is -0.151. The van der Waals surface area contributed by atoms with Crippen molar-refractivity contribution in [3.63, 3.8) is 0 Å². The van der Waals surface area contributed by atoms with E-state index in [0.717, 1.165) is 16.1 Å². The van der Waals surface area contributed by atoms with Crippen molar-refractivity contribution in [1.82, 2.24) is 10.4 Å². The van der Waals surface area contributed by atoms with Crippen LogP contribution in [-0.2, 0) is 19.1 Å². The molecule has 1 atom stereocenters. The summed E-state index contributed by atoms with van der Waals surface area (Å²) in [6, 6.07) is 11.9. The summed E-state index contributed by atoms with van der Waals surface area (Å²) in [6.45, 7) is 3.37. The van der Waals surface area contributed by atoms with Crippen molar-refractivity contribution >= 4 is 41.0 Å². The van der Waals surface area contributed by atoms with Gasteiger partial charge in [0, 0.05) is 12.1 Å².